The number of aliphatic carboxylic acids is 1. The Morgan fingerprint density at radius 1 is 1.29 bits per heavy atom. The van der Waals surface area contributed by atoms with E-state index < -0.39 is 24.1 Å². The number of hydrogen-bond donors (Lipinski definition) is 4. The standard InChI is InChI=1S/C9H10O5/c10-4-6-1-5(3-8(12)13)2-7(11)9(6)14/h1-2,10-11,14H,3-4H2,(H,12,13). The molecule has 14 heavy (non-hydrogen) atoms. The zero-order valence-electron chi connectivity index (χ0n) is 7.27. The fourth-order valence-electron chi connectivity index (χ4n) is 1.14. The van der Waals surface area contributed by atoms with Gasteiger partial charge in [0.15, 0.2) is 11.5 Å². The van der Waals surface area contributed by atoms with Crippen LogP contribution < -0.4 is 0 Å². The van der Waals surface area contributed by atoms with Crippen LogP contribution in [0.5, 0.6) is 11.5 Å². The number of benzene rings is 1. The van der Waals surface area contributed by atoms with Crippen molar-refractivity contribution in [3.8, 4) is 11.5 Å². The third-order valence-electron chi connectivity index (χ3n) is 1.75. The SMILES string of the molecule is O=C(O)Cc1cc(O)c(O)c(CO)c1. The Labute approximate surface area is 79.9 Å². The lowest BCUT2D eigenvalue weighted by Crippen LogP contribution is -2.00. The largest absolute Gasteiger partial charge is 0.504 e. The highest BCUT2D eigenvalue weighted by atomic mass is 16.4. The second-order valence-corrected chi connectivity index (χ2v) is 2.85. The Morgan fingerprint density at radius 3 is 2.43 bits per heavy atom. The van der Waals surface area contributed by atoms with Crippen molar-refractivity contribution in [3.63, 3.8) is 0 Å². The lowest BCUT2D eigenvalue weighted by Gasteiger charge is -2.06. The maximum Gasteiger partial charge on any atom is 0.307 e. The molecule has 5 nitrogen and oxygen atoms in total. The summed E-state index contributed by atoms with van der Waals surface area (Å²) < 4.78 is 0. The molecule has 0 heterocycles. The van der Waals surface area contributed by atoms with Crippen LogP contribution in [0.4, 0.5) is 0 Å². The van der Waals surface area contributed by atoms with E-state index in [1.807, 2.05) is 0 Å². The summed E-state index contributed by atoms with van der Waals surface area (Å²) in [6.07, 6.45) is -0.263. The molecule has 0 saturated carbocycles. The van der Waals surface area contributed by atoms with Gasteiger partial charge in [-0.15, -0.1) is 0 Å². The van der Waals surface area contributed by atoms with Crippen molar-refractivity contribution in [2.45, 2.75) is 13.0 Å². The fourth-order valence-corrected chi connectivity index (χ4v) is 1.14. The van der Waals surface area contributed by atoms with Gasteiger partial charge in [0.2, 0.25) is 0 Å². The molecule has 0 radical (unpaired) electrons. The molecule has 0 unspecified atom stereocenters. The molecule has 76 valence electrons. The van der Waals surface area contributed by atoms with E-state index in [1.165, 1.54) is 6.07 Å². The van der Waals surface area contributed by atoms with Crippen LogP contribution in [0, 0.1) is 0 Å². The van der Waals surface area contributed by atoms with Crippen LogP contribution in [0.15, 0.2) is 12.1 Å². The highest BCUT2D eigenvalue weighted by molar-refractivity contribution is 5.70. The third-order valence-corrected chi connectivity index (χ3v) is 1.75. The molecule has 4 N–H and O–H groups in total. The highest BCUT2D eigenvalue weighted by Gasteiger charge is 2.10. The average Bonchev–Trinajstić information content (AvgIpc) is 2.10. The molecule has 1 aromatic carbocycles. The molecule has 5 heteroatoms. The molecule has 1 rings (SSSR count). The molecule has 0 amide bonds. The number of aromatic hydroxyl groups is 2. The van der Waals surface area contributed by atoms with Crippen molar-refractivity contribution in [1.29, 1.82) is 0 Å². The summed E-state index contributed by atoms with van der Waals surface area (Å²) in [6, 6.07) is 2.49. The Morgan fingerprint density at radius 2 is 1.93 bits per heavy atom. The van der Waals surface area contributed by atoms with Gasteiger partial charge in [0.25, 0.3) is 0 Å². The molecule has 0 bridgehead atoms. The second kappa shape index (κ2) is 3.97. The monoisotopic (exact) mass is 198 g/mol. The summed E-state index contributed by atoms with van der Waals surface area (Å²) in [4.78, 5) is 10.4. The van der Waals surface area contributed by atoms with Crippen LogP contribution in [-0.4, -0.2) is 26.4 Å². The van der Waals surface area contributed by atoms with E-state index in [4.69, 9.17) is 10.2 Å². The first-order chi connectivity index (χ1) is 6.54. The molecule has 0 aliphatic carbocycles. The minimum atomic E-state index is -1.04. The van der Waals surface area contributed by atoms with Gasteiger partial charge in [-0.2, -0.15) is 0 Å². The predicted octanol–water partition coefficient (Wildman–Crippen LogP) is 0.217. The van der Waals surface area contributed by atoms with Crippen LogP contribution in [0.2, 0.25) is 0 Å². The van der Waals surface area contributed by atoms with Crippen molar-refractivity contribution >= 4 is 5.97 Å². The van der Waals surface area contributed by atoms with Crippen LogP contribution in [-0.2, 0) is 17.8 Å². The van der Waals surface area contributed by atoms with Gasteiger partial charge in [-0.25, -0.2) is 0 Å². The van der Waals surface area contributed by atoms with Gasteiger partial charge in [-0.05, 0) is 17.7 Å². The number of aliphatic hydroxyl groups excluding tert-OH is 1. The normalized spacial score (nSPS) is 10.1. The van der Waals surface area contributed by atoms with E-state index in [2.05, 4.69) is 0 Å². The molecule has 0 aliphatic heterocycles. The van der Waals surface area contributed by atoms with Crippen LogP contribution in [0.1, 0.15) is 11.1 Å². The van der Waals surface area contributed by atoms with Gasteiger partial charge < -0.3 is 20.4 Å². The van der Waals surface area contributed by atoms with E-state index in [0.717, 1.165) is 6.07 Å². The number of carbonyl (C=O) groups is 1. The Balaban J connectivity index is 3.09. The fraction of sp³-hybridized carbons (Fsp3) is 0.222. The zero-order chi connectivity index (χ0) is 10.7. The van der Waals surface area contributed by atoms with Gasteiger partial charge in [0, 0.05) is 5.56 Å². The second-order valence-electron chi connectivity index (χ2n) is 2.85. The molecule has 0 spiro atoms. The van der Waals surface area contributed by atoms with Crippen molar-refractivity contribution in [2.75, 3.05) is 0 Å². The third kappa shape index (κ3) is 2.14. The molecule has 0 fully saturated rings. The summed E-state index contributed by atoms with van der Waals surface area (Å²) in [7, 11) is 0. The molecule has 1 aromatic rings. The molecule has 0 aromatic heterocycles. The number of phenolic OH excluding ortho intramolecular Hbond substituents is 1. The summed E-state index contributed by atoms with van der Waals surface area (Å²) in [6.45, 7) is -0.452. The minimum absolute atomic E-state index is 0.112. The van der Waals surface area contributed by atoms with Crippen molar-refractivity contribution in [1.82, 2.24) is 0 Å². The lowest BCUT2D eigenvalue weighted by atomic mass is 10.1. The predicted molar refractivity (Wildman–Crippen MR) is 47.0 cm³/mol. The number of carboxylic acids is 1. The van der Waals surface area contributed by atoms with Crippen LogP contribution >= 0.6 is 0 Å². The van der Waals surface area contributed by atoms with Crippen molar-refractivity contribution in [3.05, 3.63) is 23.3 Å². The van der Waals surface area contributed by atoms with E-state index in [-0.39, 0.29) is 12.0 Å². The first-order valence-corrected chi connectivity index (χ1v) is 3.91. The minimum Gasteiger partial charge on any atom is -0.504 e. The lowest BCUT2D eigenvalue weighted by molar-refractivity contribution is -0.136. The Hall–Kier alpha value is -1.75. The van der Waals surface area contributed by atoms with Crippen LogP contribution in [0.25, 0.3) is 0 Å². The van der Waals surface area contributed by atoms with Gasteiger partial charge in [-0.1, -0.05) is 0 Å². The number of carboxylic acid groups (broad SMARTS) is 1. The molecular formula is C9H10O5. The van der Waals surface area contributed by atoms with Crippen molar-refractivity contribution < 1.29 is 25.2 Å². The summed E-state index contributed by atoms with van der Waals surface area (Å²) in [5.41, 5.74) is 0.443. The van der Waals surface area contributed by atoms with Gasteiger partial charge in [0.05, 0.1) is 13.0 Å². The van der Waals surface area contributed by atoms with Gasteiger partial charge >= 0.3 is 5.97 Å². The first kappa shape index (κ1) is 10.3. The molecule has 0 atom stereocenters. The van der Waals surface area contributed by atoms with Crippen LogP contribution in [0.3, 0.4) is 0 Å². The first-order valence-electron chi connectivity index (χ1n) is 3.91. The number of phenols is 2. The topological polar surface area (TPSA) is 98.0 Å². The van der Waals surface area contributed by atoms with E-state index in [1.54, 1.807) is 0 Å². The van der Waals surface area contributed by atoms with E-state index >= 15 is 0 Å². The smallest absolute Gasteiger partial charge is 0.307 e. The average molecular weight is 198 g/mol. The molecular weight excluding hydrogens is 188 g/mol. The van der Waals surface area contributed by atoms with Gasteiger partial charge in [0.1, 0.15) is 0 Å². The number of rotatable bonds is 3. The quantitative estimate of drug-likeness (QED) is 0.521. The molecule has 0 aliphatic rings. The summed E-state index contributed by atoms with van der Waals surface area (Å²) in [5, 5.41) is 35.6. The zero-order valence-corrected chi connectivity index (χ0v) is 7.27. The van der Waals surface area contributed by atoms with Gasteiger partial charge in [-0.3, -0.25) is 4.79 Å². The van der Waals surface area contributed by atoms with E-state index in [0.29, 0.717) is 5.56 Å². The van der Waals surface area contributed by atoms with E-state index in [9.17, 15) is 15.0 Å². The Bertz CT molecular complexity index is 358. The Kier molecular flexibility index (Phi) is 2.93. The maximum absolute atomic E-state index is 10.4. The molecule has 0 saturated heterocycles. The summed E-state index contributed by atoms with van der Waals surface area (Å²) >= 11 is 0. The number of hydrogen-bond acceptors (Lipinski definition) is 4. The number of aliphatic hydroxyl groups is 1. The summed E-state index contributed by atoms with van der Waals surface area (Å²) in [5.74, 6) is -1.88. The van der Waals surface area contributed by atoms with Crippen molar-refractivity contribution in [2.24, 2.45) is 0 Å². The highest BCUT2D eigenvalue weighted by Crippen LogP contribution is 2.30. The maximum atomic E-state index is 10.4.